The van der Waals surface area contributed by atoms with Crippen LogP contribution < -0.4 is 10.6 Å². The number of anilines is 1. The Hall–Kier alpha value is -1.55. The number of para-hydroxylation sites is 1. The lowest BCUT2D eigenvalue weighted by Crippen LogP contribution is -2.47. The van der Waals surface area contributed by atoms with Gasteiger partial charge in [-0.15, -0.1) is 0 Å². The fraction of sp³-hybridized carbons (Fsp3) is 0.562. The molecule has 0 atom stereocenters. The van der Waals surface area contributed by atoms with Gasteiger partial charge in [0.05, 0.1) is 0 Å². The number of benzene rings is 1. The summed E-state index contributed by atoms with van der Waals surface area (Å²) in [5, 5.41) is 0. The molecule has 1 aliphatic heterocycles. The molecule has 20 heavy (non-hydrogen) atoms. The summed E-state index contributed by atoms with van der Waals surface area (Å²) in [5.41, 5.74) is 6.56. The van der Waals surface area contributed by atoms with Gasteiger partial charge in [0.25, 0.3) is 0 Å². The van der Waals surface area contributed by atoms with Crippen molar-refractivity contribution in [2.75, 3.05) is 31.1 Å². The molecule has 0 spiro atoms. The third kappa shape index (κ3) is 3.73. The Labute approximate surface area is 121 Å². The predicted octanol–water partition coefficient (Wildman–Crippen LogP) is 2.69. The summed E-state index contributed by atoms with van der Waals surface area (Å²) in [7, 11) is 0. The van der Waals surface area contributed by atoms with Crippen molar-refractivity contribution in [1.82, 2.24) is 4.90 Å². The first-order valence-electron chi connectivity index (χ1n) is 7.54. The van der Waals surface area contributed by atoms with Gasteiger partial charge in [-0.1, -0.05) is 25.1 Å². The summed E-state index contributed by atoms with van der Waals surface area (Å²) < 4.78 is 0. The van der Waals surface area contributed by atoms with Gasteiger partial charge in [-0.3, -0.25) is 4.90 Å². The van der Waals surface area contributed by atoms with Crippen LogP contribution in [0.5, 0.6) is 0 Å². The molecule has 1 heterocycles. The highest BCUT2D eigenvalue weighted by Crippen LogP contribution is 2.21. The summed E-state index contributed by atoms with van der Waals surface area (Å²) >= 11 is 0. The molecule has 4 nitrogen and oxygen atoms in total. The fourth-order valence-electron chi connectivity index (χ4n) is 2.56. The van der Waals surface area contributed by atoms with Gasteiger partial charge in [-0.25, -0.2) is 4.79 Å². The lowest BCUT2D eigenvalue weighted by atomic mass is 9.99. The molecule has 0 saturated carbocycles. The van der Waals surface area contributed by atoms with Crippen molar-refractivity contribution in [2.45, 2.75) is 26.2 Å². The number of hydrogen-bond donors (Lipinski definition) is 1. The summed E-state index contributed by atoms with van der Waals surface area (Å²) in [6.45, 7) is 5.28. The van der Waals surface area contributed by atoms with E-state index in [4.69, 9.17) is 5.73 Å². The number of likely N-dealkylation sites (tertiary alicyclic amines) is 1. The number of nitrogens with zero attached hydrogens (tertiary/aromatic N) is 2. The molecule has 110 valence electrons. The SMILES string of the molecule is CC1CCN(C(=O)N(CCCN)c2ccccc2)CC1. The summed E-state index contributed by atoms with van der Waals surface area (Å²) in [6.07, 6.45) is 3.03. The quantitative estimate of drug-likeness (QED) is 0.918. The maximum Gasteiger partial charge on any atom is 0.324 e. The van der Waals surface area contributed by atoms with E-state index in [0.29, 0.717) is 13.1 Å². The zero-order valence-corrected chi connectivity index (χ0v) is 12.3. The highest BCUT2D eigenvalue weighted by atomic mass is 16.2. The lowest BCUT2D eigenvalue weighted by molar-refractivity contribution is 0.180. The topological polar surface area (TPSA) is 49.6 Å². The zero-order chi connectivity index (χ0) is 14.4. The monoisotopic (exact) mass is 275 g/mol. The van der Waals surface area contributed by atoms with Crippen LogP contribution in [0.3, 0.4) is 0 Å². The molecule has 4 heteroatoms. The van der Waals surface area contributed by atoms with E-state index in [1.807, 2.05) is 40.1 Å². The normalized spacial score (nSPS) is 16.2. The molecule has 0 aromatic heterocycles. The highest BCUT2D eigenvalue weighted by molar-refractivity contribution is 5.92. The van der Waals surface area contributed by atoms with Crippen molar-refractivity contribution >= 4 is 11.7 Å². The molecule has 1 aliphatic rings. The average Bonchev–Trinajstić information content (AvgIpc) is 2.49. The van der Waals surface area contributed by atoms with Gasteiger partial charge in [-0.2, -0.15) is 0 Å². The Morgan fingerprint density at radius 2 is 1.95 bits per heavy atom. The molecule has 0 unspecified atom stereocenters. The van der Waals surface area contributed by atoms with Crippen LogP contribution in [0.1, 0.15) is 26.2 Å². The number of rotatable bonds is 4. The molecule has 2 rings (SSSR count). The van der Waals surface area contributed by atoms with E-state index in [1.165, 1.54) is 0 Å². The Morgan fingerprint density at radius 1 is 1.30 bits per heavy atom. The first-order chi connectivity index (χ1) is 9.72. The van der Waals surface area contributed by atoms with Crippen LogP contribution in [0.2, 0.25) is 0 Å². The molecule has 1 fully saturated rings. The minimum atomic E-state index is 0.122. The molecular weight excluding hydrogens is 250 g/mol. The average molecular weight is 275 g/mol. The molecule has 0 aliphatic carbocycles. The standard InChI is InChI=1S/C16H25N3O/c1-14-8-12-18(13-9-14)16(20)19(11-5-10-17)15-6-3-2-4-7-15/h2-4,6-7,14H,5,8-13,17H2,1H3. The first kappa shape index (κ1) is 14.9. The first-order valence-corrected chi connectivity index (χ1v) is 7.54. The zero-order valence-electron chi connectivity index (χ0n) is 12.3. The van der Waals surface area contributed by atoms with Crippen LogP contribution in [0, 0.1) is 5.92 Å². The van der Waals surface area contributed by atoms with Gasteiger partial charge in [0, 0.05) is 25.3 Å². The second kappa shape index (κ2) is 7.29. The van der Waals surface area contributed by atoms with Gasteiger partial charge < -0.3 is 10.6 Å². The Bertz CT molecular complexity index is 413. The second-order valence-corrected chi connectivity index (χ2v) is 5.58. The molecule has 2 N–H and O–H groups in total. The van der Waals surface area contributed by atoms with Crippen LogP contribution in [0.25, 0.3) is 0 Å². The summed E-state index contributed by atoms with van der Waals surface area (Å²) in [5.74, 6) is 0.730. The lowest BCUT2D eigenvalue weighted by Gasteiger charge is -2.35. The molecule has 0 radical (unpaired) electrons. The van der Waals surface area contributed by atoms with Crippen molar-refractivity contribution in [3.05, 3.63) is 30.3 Å². The van der Waals surface area contributed by atoms with Gasteiger partial charge in [0.15, 0.2) is 0 Å². The number of nitrogens with two attached hydrogens (primary N) is 1. The van der Waals surface area contributed by atoms with Crippen molar-refractivity contribution in [2.24, 2.45) is 11.7 Å². The van der Waals surface area contributed by atoms with Gasteiger partial charge >= 0.3 is 6.03 Å². The molecule has 1 saturated heterocycles. The maximum absolute atomic E-state index is 12.7. The molecule has 2 amide bonds. The van der Waals surface area contributed by atoms with E-state index in [2.05, 4.69) is 6.92 Å². The van der Waals surface area contributed by atoms with Crippen LogP contribution in [-0.4, -0.2) is 37.1 Å². The number of amides is 2. The molecule has 0 bridgehead atoms. The number of carbonyl (C=O) groups excluding carboxylic acids is 1. The molecule has 1 aromatic rings. The third-order valence-electron chi connectivity index (χ3n) is 3.94. The number of carbonyl (C=O) groups is 1. The van der Waals surface area contributed by atoms with E-state index in [9.17, 15) is 4.79 Å². The van der Waals surface area contributed by atoms with Gasteiger partial charge in [0.1, 0.15) is 0 Å². The Kier molecular flexibility index (Phi) is 5.41. The van der Waals surface area contributed by atoms with Crippen LogP contribution >= 0.6 is 0 Å². The van der Waals surface area contributed by atoms with E-state index >= 15 is 0 Å². The Morgan fingerprint density at radius 3 is 2.55 bits per heavy atom. The highest BCUT2D eigenvalue weighted by Gasteiger charge is 2.25. The van der Waals surface area contributed by atoms with Crippen molar-refractivity contribution in [3.8, 4) is 0 Å². The van der Waals surface area contributed by atoms with Crippen LogP contribution in [0.4, 0.5) is 10.5 Å². The van der Waals surface area contributed by atoms with Crippen molar-refractivity contribution < 1.29 is 4.79 Å². The second-order valence-electron chi connectivity index (χ2n) is 5.58. The van der Waals surface area contributed by atoms with Crippen LogP contribution in [-0.2, 0) is 0 Å². The van der Waals surface area contributed by atoms with E-state index < -0.39 is 0 Å². The van der Waals surface area contributed by atoms with Crippen molar-refractivity contribution in [1.29, 1.82) is 0 Å². The van der Waals surface area contributed by atoms with E-state index in [1.54, 1.807) is 0 Å². The van der Waals surface area contributed by atoms with E-state index in [0.717, 1.165) is 44.0 Å². The molecule has 1 aromatic carbocycles. The summed E-state index contributed by atoms with van der Waals surface area (Å²) in [4.78, 5) is 16.6. The van der Waals surface area contributed by atoms with Crippen molar-refractivity contribution in [3.63, 3.8) is 0 Å². The predicted molar refractivity (Wildman–Crippen MR) is 82.8 cm³/mol. The number of hydrogen-bond acceptors (Lipinski definition) is 2. The maximum atomic E-state index is 12.7. The minimum Gasteiger partial charge on any atom is -0.330 e. The number of piperidine rings is 1. The summed E-state index contributed by atoms with van der Waals surface area (Å²) in [6, 6.07) is 10.0. The van der Waals surface area contributed by atoms with Crippen LogP contribution in [0.15, 0.2) is 30.3 Å². The Balaban J connectivity index is 2.08. The van der Waals surface area contributed by atoms with Gasteiger partial charge in [0.2, 0.25) is 0 Å². The fourth-order valence-corrected chi connectivity index (χ4v) is 2.56. The van der Waals surface area contributed by atoms with E-state index in [-0.39, 0.29) is 6.03 Å². The smallest absolute Gasteiger partial charge is 0.324 e. The third-order valence-corrected chi connectivity index (χ3v) is 3.94. The largest absolute Gasteiger partial charge is 0.330 e. The minimum absolute atomic E-state index is 0.122. The number of urea groups is 1. The molecular formula is C16H25N3O. The van der Waals surface area contributed by atoms with Gasteiger partial charge in [-0.05, 0) is 43.9 Å².